The maximum absolute atomic E-state index is 11.8. The molecule has 122 valence electrons. The van der Waals surface area contributed by atoms with E-state index in [0.717, 1.165) is 16.7 Å². The number of rotatable bonds is 6. The summed E-state index contributed by atoms with van der Waals surface area (Å²) in [6.07, 6.45) is 5.15. The van der Waals surface area contributed by atoms with E-state index in [0.29, 0.717) is 13.0 Å². The van der Waals surface area contributed by atoms with Gasteiger partial charge in [0, 0.05) is 24.5 Å². The first kappa shape index (κ1) is 16.9. The second-order valence-electron chi connectivity index (χ2n) is 5.51. The summed E-state index contributed by atoms with van der Waals surface area (Å²) in [7, 11) is 0. The molecule has 1 heterocycles. The van der Waals surface area contributed by atoms with Crippen LogP contribution in [0.3, 0.4) is 0 Å². The van der Waals surface area contributed by atoms with Gasteiger partial charge in [-0.05, 0) is 31.4 Å². The standard InChI is InChI=1S/C17H22N4O2/c1-12(22)7-8-20-17(23)21-13(2)14-3-5-15(6-4-14)16-9-18-11-19-10-16/h3-6,9-13,22H,7-8H2,1-2H3,(H2,20,21,23). The smallest absolute Gasteiger partial charge is 0.315 e. The van der Waals surface area contributed by atoms with Crippen LogP contribution in [0.15, 0.2) is 43.0 Å². The SMILES string of the molecule is CC(O)CCNC(=O)NC(C)c1ccc(-c2cncnc2)cc1. The van der Waals surface area contributed by atoms with Gasteiger partial charge < -0.3 is 15.7 Å². The highest BCUT2D eigenvalue weighted by atomic mass is 16.3. The number of nitrogens with one attached hydrogen (secondary N) is 2. The van der Waals surface area contributed by atoms with Crippen molar-refractivity contribution >= 4 is 6.03 Å². The number of benzene rings is 1. The Balaban J connectivity index is 1.90. The molecule has 6 heteroatoms. The van der Waals surface area contributed by atoms with Crippen molar-refractivity contribution in [3.05, 3.63) is 48.5 Å². The third-order valence-corrected chi connectivity index (χ3v) is 3.50. The fourth-order valence-corrected chi connectivity index (χ4v) is 2.14. The van der Waals surface area contributed by atoms with Gasteiger partial charge in [-0.3, -0.25) is 0 Å². The Bertz CT molecular complexity index is 614. The summed E-state index contributed by atoms with van der Waals surface area (Å²) in [6.45, 7) is 4.07. The highest BCUT2D eigenvalue weighted by molar-refractivity contribution is 5.74. The first-order chi connectivity index (χ1) is 11.1. The van der Waals surface area contributed by atoms with Crippen LogP contribution in [-0.4, -0.2) is 33.8 Å². The van der Waals surface area contributed by atoms with Crippen molar-refractivity contribution in [3.63, 3.8) is 0 Å². The fraction of sp³-hybridized carbons (Fsp3) is 0.353. The second-order valence-corrected chi connectivity index (χ2v) is 5.51. The van der Waals surface area contributed by atoms with Gasteiger partial charge in [0.05, 0.1) is 12.1 Å². The number of hydrogen-bond donors (Lipinski definition) is 3. The minimum atomic E-state index is -0.415. The molecule has 23 heavy (non-hydrogen) atoms. The van der Waals surface area contributed by atoms with Crippen LogP contribution in [0, 0.1) is 0 Å². The molecule has 0 saturated heterocycles. The van der Waals surface area contributed by atoms with Crippen molar-refractivity contribution in [1.29, 1.82) is 0 Å². The Morgan fingerprint density at radius 2 is 1.78 bits per heavy atom. The molecule has 0 aliphatic carbocycles. The van der Waals surface area contributed by atoms with Gasteiger partial charge in [0.2, 0.25) is 0 Å². The van der Waals surface area contributed by atoms with Crippen molar-refractivity contribution in [2.75, 3.05) is 6.54 Å². The van der Waals surface area contributed by atoms with Crippen LogP contribution in [0.25, 0.3) is 11.1 Å². The monoisotopic (exact) mass is 314 g/mol. The average molecular weight is 314 g/mol. The zero-order chi connectivity index (χ0) is 16.7. The van der Waals surface area contributed by atoms with Crippen LogP contribution in [0.2, 0.25) is 0 Å². The first-order valence-electron chi connectivity index (χ1n) is 7.64. The number of aromatic nitrogens is 2. The molecule has 0 fully saturated rings. The molecule has 0 radical (unpaired) electrons. The van der Waals surface area contributed by atoms with E-state index in [9.17, 15) is 4.79 Å². The maximum Gasteiger partial charge on any atom is 0.315 e. The van der Waals surface area contributed by atoms with Gasteiger partial charge in [-0.1, -0.05) is 24.3 Å². The van der Waals surface area contributed by atoms with E-state index in [1.165, 1.54) is 6.33 Å². The average Bonchev–Trinajstić information content (AvgIpc) is 2.55. The van der Waals surface area contributed by atoms with Gasteiger partial charge in [0.15, 0.2) is 0 Å². The van der Waals surface area contributed by atoms with E-state index in [1.807, 2.05) is 31.2 Å². The van der Waals surface area contributed by atoms with Crippen molar-refractivity contribution in [2.45, 2.75) is 32.4 Å². The lowest BCUT2D eigenvalue weighted by Gasteiger charge is -2.16. The molecule has 2 atom stereocenters. The summed E-state index contributed by atoms with van der Waals surface area (Å²) in [4.78, 5) is 19.8. The summed E-state index contributed by atoms with van der Waals surface area (Å²) in [5.74, 6) is 0. The number of nitrogens with zero attached hydrogens (tertiary/aromatic N) is 2. The zero-order valence-corrected chi connectivity index (χ0v) is 13.4. The van der Waals surface area contributed by atoms with Crippen LogP contribution in [0.5, 0.6) is 0 Å². The van der Waals surface area contributed by atoms with E-state index in [2.05, 4.69) is 20.6 Å². The largest absolute Gasteiger partial charge is 0.393 e. The molecule has 6 nitrogen and oxygen atoms in total. The lowest BCUT2D eigenvalue weighted by atomic mass is 10.0. The molecule has 1 aromatic heterocycles. The Kier molecular flexibility index (Phi) is 6.05. The van der Waals surface area contributed by atoms with Crippen molar-refractivity contribution in [3.8, 4) is 11.1 Å². The molecule has 2 unspecified atom stereocenters. The van der Waals surface area contributed by atoms with E-state index in [4.69, 9.17) is 5.11 Å². The van der Waals surface area contributed by atoms with Crippen LogP contribution in [0.1, 0.15) is 31.9 Å². The molecule has 0 spiro atoms. The Morgan fingerprint density at radius 1 is 1.13 bits per heavy atom. The number of amides is 2. The van der Waals surface area contributed by atoms with Crippen LogP contribution >= 0.6 is 0 Å². The molecule has 0 saturated carbocycles. The Labute approximate surface area is 136 Å². The van der Waals surface area contributed by atoms with Crippen molar-refractivity contribution in [1.82, 2.24) is 20.6 Å². The molecule has 2 aromatic rings. The van der Waals surface area contributed by atoms with E-state index < -0.39 is 6.10 Å². The van der Waals surface area contributed by atoms with E-state index in [1.54, 1.807) is 19.3 Å². The van der Waals surface area contributed by atoms with Gasteiger partial charge in [-0.25, -0.2) is 14.8 Å². The first-order valence-corrected chi connectivity index (χ1v) is 7.64. The number of carbonyl (C=O) groups excluding carboxylic acids is 1. The van der Waals surface area contributed by atoms with Crippen LogP contribution < -0.4 is 10.6 Å². The molecular formula is C17H22N4O2. The quantitative estimate of drug-likeness (QED) is 0.763. The summed E-state index contributed by atoms with van der Waals surface area (Å²) >= 11 is 0. The number of urea groups is 1. The van der Waals surface area contributed by atoms with Gasteiger partial charge >= 0.3 is 6.03 Å². The molecule has 3 N–H and O–H groups in total. The number of aliphatic hydroxyl groups excluding tert-OH is 1. The van der Waals surface area contributed by atoms with Crippen LogP contribution in [0.4, 0.5) is 4.79 Å². The van der Waals surface area contributed by atoms with Gasteiger partial charge in [0.25, 0.3) is 0 Å². The number of aliphatic hydroxyl groups is 1. The summed E-state index contributed by atoms with van der Waals surface area (Å²) < 4.78 is 0. The predicted octanol–water partition coefficient (Wildman–Crippen LogP) is 2.27. The molecular weight excluding hydrogens is 292 g/mol. The van der Waals surface area contributed by atoms with Gasteiger partial charge in [-0.2, -0.15) is 0 Å². The minimum absolute atomic E-state index is 0.109. The molecule has 1 aromatic carbocycles. The van der Waals surface area contributed by atoms with Gasteiger partial charge in [0.1, 0.15) is 6.33 Å². The second kappa shape index (κ2) is 8.24. The summed E-state index contributed by atoms with van der Waals surface area (Å²) in [5, 5.41) is 14.8. The molecule has 2 rings (SSSR count). The summed E-state index contributed by atoms with van der Waals surface area (Å²) in [5.41, 5.74) is 3.00. The molecule has 0 aliphatic rings. The lowest BCUT2D eigenvalue weighted by molar-refractivity contribution is 0.183. The minimum Gasteiger partial charge on any atom is -0.393 e. The van der Waals surface area contributed by atoms with E-state index >= 15 is 0 Å². The Hall–Kier alpha value is -2.47. The number of hydrogen-bond acceptors (Lipinski definition) is 4. The lowest BCUT2D eigenvalue weighted by Crippen LogP contribution is -2.38. The third-order valence-electron chi connectivity index (χ3n) is 3.50. The predicted molar refractivity (Wildman–Crippen MR) is 88.7 cm³/mol. The topological polar surface area (TPSA) is 87.1 Å². The maximum atomic E-state index is 11.8. The number of carbonyl (C=O) groups is 1. The molecule has 0 aliphatic heterocycles. The van der Waals surface area contributed by atoms with Crippen molar-refractivity contribution < 1.29 is 9.90 Å². The van der Waals surface area contributed by atoms with Crippen LogP contribution in [-0.2, 0) is 0 Å². The Morgan fingerprint density at radius 3 is 2.39 bits per heavy atom. The van der Waals surface area contributed by atoms with E-state index in [-0.39, 0.29) is 12.1 Å². The highest BCUT2D eigenvalue weighted by Gasteiger charge is 2.09. The van der Waals surface area contributed by atoms with Gasteiger partial charge in [-0.15, -0.1) is 0 Å². The summed E-state index contributed by atoms with van der Waals surface area (Å²) in [6, 6.07) is 7.57. The molecule has 0 bridgehead atoms. The normalized spacial score (nSPS) is 13.2. The third kappa shape index (κ3) is 5.34. The van der Waals surface area contributed by atoms with Crippen molar-refractivity contribution in [2.24, 2.45) is 0 Å². The highest BCUT2D eigenvalue weighted by Crippen LogP contribution is 2.20. The fourth-order valence-electron chi connectivity index (χ4n) is 2.14. The molecule has 2 amide bonds. The zero-order valence-electron chi connectivity index (χ0n) is 13.4.